The number of hydrogen-bond acceptors (Lipinski definition) is 6. The summed E-state index contributed by atoms with van der Waals surface area (Å²) < 4.78 is 5.41. The molecule has 30 heavy (non-hydrogen) atoms. The minimum atomic E-state index is -0.324. The smallest absolute Gasteiger partial charge is 0.286 e. The second kappa shape index (κ2) is 10.6. The van der Waals surface area contributed by atoms with Crippen molar-refractivity contribution in [2.24, 2.45) is 0 Å². The number of nitrogens with one attached hydrogen (secondary N) is 2. The number of rotatable bonds is 9. The predicted molar refractivity (Wildman–Crippen MR) is 117 cm³/mol. The molecule has 2 aromatic carbocycles. The van der Waals surface area contributed by atoms with Crippen LogP contribution in [0.4, 0.5) is 5.69 Å². The van der Waals surface area contributed by atoms with Crippen molar-refractivity contribution < 1.29 is 14.3 Å². The molecule has 2 N–H and O–H groups in total. The van der Waals surface area contributed by atoms with Crippen LogP contribution in [0.15, 0.2) is 54.6 Å². The van der Waals surface area contributed by atoms with Crippen molar-refractivity contribution in [3.63, 3.8) is 0 Å². The number of amides is 2. The number of carbonyl (C=O) groups is 2. The maximum Gasteiger partial charge on any atom is 0.286 e. The number of nitrogens with zero attached hydrogens (tertiary/aromatic N) is 2. The Morgan fingerprint density at radius 1 is 1.07 bits per heavy atom. The first-order chi connectivity index (χ1) is 14.5. The Morgan fingerprint density at radius 2 is 1.80 bits per heavy atom. The SMILES string of the molecule is Cc1ccc(NC(=O)c2nnc(COCC(=O)NCC(C)c3ccccc3)s2)cc1. The summed E-state index contributed by atoms with van der Waals surface area (Å²) in [5.41, 5.74) is 2.98. The lowest BCUT2D eigenvalue weighted by molar-refractivity contribution is -0.126. The molecule has 0 bridgehead atoms. The Hall–Kier alpha value is -3.10. The predicted octanol–water partition coefficient (Wildman–Crippen LogP) is 3.54. The zero-order valence-electron chi connectivity index (χ0n) is 16.9. The highest BCUT2D eigenvalue weighted by Crippen LogP contribution is 2.15. The molecule has 8 heteroatoms. The molecule has 1 unspecified atom stereocenters. The van der Waals surface area contributed by atoms with Crippen LogP contribution in [0.2, 0.25) is 0 Å². The largest absolute Gasteiger partial charge is 0.364 e. The highest BCUT2D eigenvalue weighted by Gasteiger charge is 2.14. The molecular weight excluding hydrogens is 400 g/mol. The minimum absolute atomic E-state index is 0.0774. The normalized spacial score (nSPS) is 11.7. The lowest BCUT2D eigenvalue weighted by Crippen LogP contribution is -2.30. The van der Waals surface area contributed by atoms with Crippen molar-refractivity contribution >= 4 is 28.8 Å². The molecule has 156 valence electrons. The molecule has 0 aliphatic carbocycles. The van der Waals surface area contributed by atoms with Crippen LogP contribution in [-0.4, -0.2) is 35.2 Å². The standard InChI is InChI=1S/C22H24N4O3S/c1-15-8-10-18(11-9-15)24-21(28)22-26-25-20(30-22)14-29-13-19(27)23-12-16(2)17-6-4-3-5-7-17/h3-11,16H,12-14H2,1-2H3,(H,23,27)(H,24,28). The third-order valence-electron chi connectivity index (χ3n) is 4.40. The van der Waals surface area contributed by atoms with Gasteiger partial charge in [0.25, 0.3) is 5.91 Å². The van der Waals surface area contributed by atoms with Crippen molar-refractivity contribution in [1.29, 1.82) is 0 Å². The van der Waals surface area contributed by atoms with Crippen LogP contribution >= 0.6 is 11.3 Å². The van der Waals surface area contributed by atoms with Crippen molar-refractivity contribution in [2.45, 2.75) is 26.4 Å². The van der Waals surface area contributed by atoms with Gasteiger partial charge in [0.15, 0.2) is 0 Å². The molecule has 1 aromatic heterocycles. The summed E-state index contributed by atoms with van der Waals surface area (Å²) >= 11 is 1.14. The van der Waals surface area contributed by atoms with Gasteiger partial charge >= 0.3 is 0 Å². The van der Waals surface area contributed by atoms with Crippen molar-refractivity contribution in [2.75, 3.05) is 18.5 Å². The summed E-state index contributed by atoms with van der Waals surface area (Å²) in [6, 6.07) is 17.5. The van der Waals surface area contributed by atoms with Gasteiger partial charge in [0, 0.05) is 12.2 Å². The van der Waals surface area contributed by atoms with Gasteiger partial charge < -0.3 is 15.4 Å². The number of aryl methyl sites for hydroxylation is 1. The summed E-state index contributed by atoms with van der Waals surface area (Å²) in [7, 11) is 0. The zero-order valence-corrected chi connectivity index (χ0v) is 17.7. The number of aromatic nitrogens is 2. The quantitative estimate of drug-likeness (QED) is 0.548. The fourth-order valence-electron chi connectivity index (χ4n) is 2.67. The van der Waals surface area contributed by atoms with Gasteiger partial charge in [0.05, 0.1) is 0 Å². The topological polar surface area (TPSA) is 93.2 Å². The number of hydrogen-bond donors (Lipinski definition) is 2. The van der Waals surface area contributed by atoms with Crippen molar-refractivity contribution in [3.8, 4) is 0 Å². The lowest BCUT2D eigenvalue weighted by Gasteiger charge is -2.13. The molecule has 1 atom stereocenters. The molecule has 0 spiro atoms. The first-order valence-electron chi connectivity index (χ1n) is 9.61. The minimum Gasteiger partial charge on any atom is -0.364 e. The Labute approximate surface area is 179 Å². The average molecular weight is 425 g/mol. The van der Waals surface area contributed by atoms with E-state index in [1.54, 1.807) is 0 Å². The molecule has 7 nitrogen and oxygen atoms in total. The third-order valence-corrected chi connectivity index (χ3v) is 5.30. The van der Waals surface area contributed by atoms with Crippen molar-refractivity contribution in [3.05, 3.63) is 75.7 Å². The summed E-state index contributed by atoms with van der Waals surface area (Å²) in [4.78, 5) is 24.2. The van der Waals surface area contributed by atoms with E-state index in [0.717, 1.165) is 16.9 Å². The number of carbonyl (C=O) groups excluding carboxylic acids is 2. The Balaban J connectivity index is 1.39. The monoisotopic (exact) mass is 424 g/mol. The maximum absolute atomic E-state index is 12.3. The molecule has 1 heterocycles. The highest BCUT2D eigenvalue weighted by molar-refractivity contribution is 7.13. The second-order valence-electron chi connectivity index (χ2n) is 6.93. The average Bonchev–Trinajstić information content (AvgIpc) is 3.23. The van der Waals surface area contributed by atoms with Gasteiger partial charge in [-0.2, -0.15) is 0 Å². The first-order valence-corrected chi connectivity index (χ1v) is 10.4. The molecule has 2 amide bonds. The van der Waals surface area contributed by atoms with Crippen LogP contribution in [0.3, 0.4) is 0 Å². The lowest BCUT2D eigenvalue weighted by atomic mass is 10.0. The Kier molecular flexibility index (Phi) is 7.64. The van der Waals surface area contributed by atoms with E-state index in [0.29, 0.717) is 17.2 Å². The van der Waals surface area contributed by atoms with Gasteiger partial charge in [0.1, 0.15) is 18.2 Å². The molecule has 0 saturated heterocycles. The van der Waals surface area contributed by atoms with E-state index in [2.05, 4.69) is 27.8 Å². The maximum atomic E-state index is 12.3. The van der Waals surface area contributed by atoms with Gasteiger partial charge in [-0.25, -0.2) is 0 Å². The molecule has 0 aliphatic rings. The molecule has 0 fully saturated rings. The van der Waals surface area contributed by atoms with Crippen LogP contribution in [0.25, 0.3) is 0 Å². The molecule has 0 aliphatic heterocycles. The molecule has 3 aromatic rings. The van der Waals surface area contributed by atoms with Gasteiger partial charge in [-0.05, 0) is 30.5 Å². The van der Waals surface area contributed by atoms with Crippen LogP contribution < -0.4 is 10.6 Å². The highest BCUT2D eigenvalue weighted by atomic mass is 32.1. The van der Waals surface area contributed by atoms with Gasteiger partial charge in [-0.15, -0.1) is 10.2 Å². The fourth-order valence-corrected chi connectivity index (χ4v) is 3.35. The number of anilines is 1. The van der Waals surface area contributed by atoms with Crippen LogP contribution in [0.5, 0.6) is 0 Å². The molecule has 3 rings (SSSR count). The summed E-state index contributed by atoms with van der Waals surface area (Å²) in [5.74, 6) is -0.303. The molecule has 0 saturated carbocycles. The van der Waals surface area contributed by atoms with E-state index in [-0.39, 0.29) is 36.0 Å². The summed E-state index contributed by atoms with van der Waals surface area (Å²) in [6.07, 6.45) is 0. The first kappa shape index (κ1) is 21.6. The third kappa shape index (κ3) is 6.47. The van der Waals surface area contributed by atoms with Crippen LogP contribution in [0.1, 0.15) is 38.8 Å². The van der Waals surface area contributed by atoms with Gasteiger partial charge in [0.2, 0.25) is 10.9 Å². The molecular formula is C22H24N4O3S. The van der Waals surface area contributed by atoms with Crippen LogP contribution in [-0.2, 0) is 16.1 Å². The number of ether oxygens (including phenoxy) is 1. The van der Waals surface area contributed by atoms with Crippen molar-refractivity contribution in [1.82, 2.24) is 15.5 Å². The molecule has 0 radical (unpaired) electrons. The Bertz CT molecular complexity index is 974. The van der Waals surface area contributed by atoms with E-state index in [9.17, 15) is 9.59 Å². The van der Waals surface area contributed by atoms with Gasteiger partial charge in [-0.1, -0.05) is 66.3 Å². The Morgan fingerprint density at radius 3 is 2.53 bits per heavy atom. The number of benzene rings is 2. The van der Waals surface area contributed by atoms with E-state index in [1.807, 2.05) is 61.5 Å². The zero-order chi connectivity index (χ0) is 21.3. The van der Waals surface area contributed by atoms with E-state index < -0.39 is 0 Å². The summed E-state index contributed by atoms with van der Waals surface area (Å²) in [6.45, 7) is 4.62. The second-order valence-corrected chi connectivity index (χ2v) is 7.99. The van der Waals surface area contributed by atoms with Gasteiger partial charge in [-0.3, -0.25) is 9.59 Å². The summed E-state index contributed by atoms with van der Waals surface area (Å²) in [5, 5.41) is 14.3. The van der Waals surface area contributed by atoms with Crippen LogP contribution in [0, 0.1) is 6.92 Å². The fraction of sp³-hybridized carbons (Fsp3) is 0.273. The van der Waals surface area contributed by atoms with E-state index >= 15 is 0 Å². The van der Waals surface area contributed by atoms with E-state index in [4.69, 9.17) is 4.74 Å². The van der Waals surface area contributed by atoms with E-state index in [1.165, 1.54) is 5.56 Å².